The van der Waals surface area contributed by atoms with Crippen molar-refractivity contribution < 1.29 is 23.6 Å². The van der Waals surface area contributed by atoms with Gasteiger partial charge in [0.1, 0.15) is 0 Å². The van der Waals surface area contributed by atoms with E-state index in [9.17, 15) is 23.6 Å². The van der Waals surface area contributed by atoms with Crippen LogP contribution >= 0.6 is 0 Å². The predicted octanol–water partition coefficient (Wildman–Crippen LogP) is 2.52. The molecule has 0 aromatic rings. The number of piperidine rings is 2. The number of carbonyl (C=O) groups excluding carboxylic acids is 2. The number of rotatable bonds is 5. The van der Waals surface area contributed by atoms with E-state index in [1.54, 1.807) is 0 Å². The van der Waals surface area contributed by atoms with Crippen LogP contribution in [0.5, 0.6) is 0 Å². The fourth-order valence-electron chi connectivity index (χ4n) is 3.06. The van der Waals surface area contributed by atoms with E-state index < -0.39 is 23.2 Å². The van der Waals surface area contributed by atoms with Gasteiger partial charge in [-0.1, -0.05) is 12.2 Å². The molecular weight excluding hydrogens is 306 g/mol. The number of allylic oxidation sites excluding steroid dienone is 2. The SMILES string of the molecule is C=CC[C@]1(F)CCCN(/C=C/C[C@]2(F)CCCN(O)C2=O)C1=O. The summed E-state index contributed by atoms with van der Waals surface area (Å²) in [5, 5.41) is 9.72. The second-order valence-corrected chi connectivity index (χ2v) is 6.15. The van der Waals surface area contributed by atoms with Crippen LogP contribution in [0.4, 0.5) is 8.78 Å². The zero-order valence-electron chi connectivity index (χ0n) is 13.0. The number of hydrogen-bond donors (Lipinski definition) is 1. The van der Waals surface area contributed by atoms with Gasteiger partial charge in [0, 0.05) is 32.1 Å². The van der Waals surface area contributed by atoms with Gasteiger partial charge in [-0.3, -0.25) is 14.8 Å². The Hall–Kier alpha value is -1.76. The van der Waals surface area contributed by atoms with Gasteiger partial charge >= 0.3 is 0 Å². The van der Waals surface area contributed by atoms with E-state index in [-0.39, 0.29) is 32.2 Å². The molecule has 2 heterocycles. The highest BCUT2D eigenvalue weighted by Crippen LogP contribution is 2.32. The Balaban J connectivity index is 2.01. The summed E-state index contributed by atoms with van der Waals surface area (Å²) >= 11 is 0. The Kier molecular flexibility index (Phi) is 5.19. The molecule has 2 fully saturated rings. The van der Waals surface area contributed by atoms with Crippen LogP contribution in [-0.4, -0.2) is 51.4 Å². The molecule has 5 nitrogen and oxygen atoms in total. The van der Waals surface area contributed by atoms with E-state index in [1.165, 1.54) is 23.3 Å². The highest BCUT2D eigenvalue weighted by Gasteiger charge is 2.44. The van der Waals surface area contributed by atoms with Gasteiger partial charge in [-0.15, -0.1) is 6.58 Å². The van der Waals surface area contributed by atoms with Gasteiger partial charge in [-0.2, -0.15) is 0 Å². The topological polar surface area (TPSA) is 60.9 Å². The van der Waals surface area contributed by atoms with Gasteiger partial charge < -0.3 is 4.90 Å². The van der Waals surface area contributed by atoms with E-state index in [0.717, 1.165) is 0 Å². The Morgan fingerprint density at radius 2 is 1.70 bits per heavy atom. The molecule has 2 aliphatic heterocycles. The minimum absolute atomic E-state index is 0.0185. The average Bonchev–Trinajstić information content (AvgIpc) is 2.50. The molecule has 2 rings (SSSR count). The number of likely N-dealkylation sites (tertiary alicyclic amines) is 1. The molecule has 0 radical (unpaired) electrons. The summed E-state index contributed by atoms with van der Waals surface area (Å²) in [6.45, 7) is 3.94. The smallest absolute Gasteiger partial charge is 0.283 e. The maximum absolute atomic E-state index is 14.5. The summed E-state index contributed by atoms with van der Waals surface area (Å²) in [6, 6.07) is 0. The molecule has 2 amide bonds. The van der Waals surface area contributed by atoms with Crippen molar-refractivity contribution in [2.75, 3.05) is 13.1 Å². The molecule has 2 saturated heterocycles. The van der Waals surface area contributed by atoms with Crippen molar-refractivity contribution in [3.05, 3.63) is 24.9 Å². The average molecular weight is 328 g/mol. The fraction of sp³-hybridized carbons (Fsp3) is 0.625. The lowest BCUT2D eigenvalue weighted by Crippen LogP contribution is -2.49. The predicted molar refractivity (Wildman–Crippen MR) is 79.9 cm³/mol. The number of nitrogens with zero attached hydrogens (tertiary/aromatic N) is 2. The summed E-state index contributed by atoms with van der Waals surface area (Å²) in [4.78, 5) is 25.1. The van der Waals surface area contributed by atoms with Crippen LogP contribution in [0.25, 0.3) is 0 Å². The van der Waals surface area contributed by atoms with Crippen LogP contribution in [-0.2, 0) is 9.59 Å². The van der Waals surface area contributed by atoms with Crippen LogP contribution < -0.4 is 0 Å². The first-order valence-corrected chi connectivity index (χ1v) is 7.80. The third-order valence-corrected chi connectivity index (χ3v) is 4.37. The van der Waals surface area contributed by atoms with E-state index in [1.807, 2.05) is 0 Å². The lowest BCUT2D eigenvalue weighted by molar-refractivity contribution is -0.186. The number of hydroxylamine groups is 2. The number of alkyl halides is 2. The molecule has 0 saturated carbocycles. The largest absolute Gasteiger partial charge is 0.317 e. The van der Waals surface area contributed by atoms with E-state index >= 15 is 0 Å². The van der Waals surface area contributed by atoms with Crippen molar-refractivity contribution in [2.24, 2.45) is 0 Å². The lowest BCUT2D eigenvalue weighted by Gasteiger charge is -2.34. The molecule has 7 heteroatoms. The van der Waals surface area contributed by atoms with E-state index in [0.29, 0.717) is 24.4 Å². The number of carbonyl (C=O) groups is 2. The number of hydrogen-bond acceptors (Lipinski definition) is 3. The molecule has 2 aliphatic rings. The Labute approximate surface area is 134 Å². The zero-order valence-corrected chi connectivity index (χ0v) is 13.0. The molecule has 128 valence electrons. The van der Waals surface area contributed by atoms with Gasteiger partial charge in [0.15, 0.2) is 11.3 Å². The maximum atomic E-state index is 14.5. The molecule has 1 N–H and O–H groups in total. The summed E-state index contributed by atoms with van der Waals surface area (Å²) in [5.41, 5.74) is -4.13. The second kappa shape index (κ2) is 6.78. The Morgan fingerprint density at radius 3 is 2.35 bits per heavy atom. The summed E-state index contributed by atoms with van der Waals surface area (Å²) < 4.78 is 29.1. The standard InChI is InChI=1S/C16H22F2N2O3/c1-2-6-15(17)7-3-10-19(13(15)21)11-4-8-16(18)9-5-12-20(23)14(16)22/h2,4,11,23H,1,3,5-10,12H2/b11-4+/t15-,16-/m0/s1. The normalized spacial score (nSPS) is 32.7. The zero-order chi connectivity index (χ0) is 17.1. The molecule has 0 bridgehead atoms. The minimum Gasteiger partial charge on any atom is -0.317 e. The van der Waals surface area contributed by atoms with Crippen LogP contribution in [0.3, 0.4) is 0 Å². The first-order valence-electron chi connectivity index (χ1n) is 7.80. The maximum Gasteiger partial charge on any atom is 0.283 e. The van der Waals surface area contributed by atoms with Crippen molar-refractivity contribution in [1.29, 1.82) is 0 Å². The summed E-state index contributed by atoms with van der Waals surface area (Å²) in [7, 11) is 0. The first-order chi connectivity index (χ1) is 10.8. The quantitative estimate of drug-likeness (QED) is 0.623. The van der Waals surface area contributed by atoms with Crippen molar-refractivity contribution in [2.45, 2.75) is 49.9 Å². The molecule has 2 atom stereocenters. The lowest BCUT2D eigenvalue weighted by atomic mass is 9.90. The Bertz CT molecular complexity index is 525. The Morgan fingerprint density at radius 1 is 1.09 bits per heavy atom. The third kappa shape index (κ3) is 3.60. The van der Waals surface area contributed by atoms with Gasteiger partial charge in [0.05, 0.1) is 0 Å². The monoisotopic (exact) mass is 328 g/mol. The summed E-state index contributed by atoms with van der Waals surface area (Å²) in [5.74, 6) is -1.63. The van der Waals surface area contributed by atoms with E-state index in [4.69, 9.17) is 0 Å². The highest BCUT2D eigenvalue weighted by molar-refractivity contribution is 5.87. The number of amides is 2. The third-order valence-electron chi connectivity index (χ3n) is 4.37. The van der Waals surface area contributed by atoms with Crippen LogP contribution in [0.1, 0.15) is 38.5 Å². The highest BCUT2D eigenvalue weighted by atomic mass is 19.1. The minimum atomic E-state index is -2.17. The van der Waals surface area contributed by atoms with Crippen molar-refractivity contribution in [1.82, 2.24) is 9.96 Å². The molecular formula is C16H22F2N2O3. The second-order valence-electron chi connectivity index (χ2n) is 6.15. The van der Waals surface area contributed by atoms with Gasteiger partial charge in [0.2, 0.25) is 0 Å². The summed E-state index contributed by atoms with van der Waals surface area (Å²) in [6.07, 6.45) is 4.79. The fourth-order valence-corrected chi connectivity index (χ4v) is 3.06. The van der Waals surface area contributed by atoms with Crippen molar-refractivity contribution >= 4 is 11.8 Å². The number of halogens is 2. The van der Waals surface area contributed by atoms with Crippen LogP contribution in [0.2, 0.25) is 0 Å². The van der Waals surface area contributed by atoms with Crippen molar-refractivity contribution in [3.8, 4) is 0 Å². The molecule has 0 aromatic heterocycles. The van der Waals surface area contributed by atoms with E-state index in [2.05, 4.69) is 6.58 Å². The first kappa shape index (κ1) is 17.6. The van der Waals surface area contributed by atoms with Crippen LogP contribution in [0.15, 0.2) is 24.9 Å². The van der Waals surface area contributed by atoms with Gasteiger partial charge in [0.25, 0.3) is 11.8 Å². The molecule has 0 aromatic carbocycles. The molecule has 0 unspecified atom stereocenters. The van der Waals surface area contributed by atoms with Gasteiger partial charge in [-0.25, -0.2) is 13.8 Å². The van der Waals surface area contributed by atoms with Crippen LogP contribution in [0, 0.1) is 0 Å². The molecule has 0 aliphatic carbocycles. The van der Waals surface area contributed by atoms with Crippen molar-refractivity contribution in [3.63, 3.8) is 0 Å². The van der Waals surface area contributed by atoms with Gasteiger partial charge in [-0.05, 0) is 25.7 Å². The molecule has 0 spiro atoms. The molecule has 23 heavy (non-hydrogen) atoms.